The number of hydrogen-bond donors (Lipinski definition) is 2. The summed E-state index contributed by atoms with van der Waals surface area (Å²) in [4.78, 5) is 13.9. The van der Waals surface area contributed by atoms with Crippen LogP contribution in [0, 0.1) is 6.92 Å². The third-order valence-electron chi connectivity index (χ3n) is 2.97. The first-order valence-electron chi connectivity index (χ1n) is 6.54. The number of rotatable bonds is 4. The highest BCUT2D eigenvalue weighted by molar-refractivity contribution is 7.12. The van der Waals surface area contributed by atoms with Crippen molar-refractivity contribution in [2.24, 2.45) is 5.73 Å². The minimum absolute atomic E-state index is 0.0308. The van der Waals surface area contributed by atoms with Gasteiger partial charge in [-0.15, -0.1) is 11.3 Å². The Hall–Kier alpha value is -1.86. The lowest BCUT2D eigenvalue weighted by atomic mass is 10.1. The van der Waals surface area contributed by atoms with Crippen molar-refractivity contribution in [3.05, 3.63) is 51.2 Å². The van der Waals surface area contributed by atoms with Crippen molar-refractivity contribution in [3.63, 3.8) is 0 Å². The zero-order valence-corrected chi connectivity index (χ0v) is 12.6. The van der Waals surface area contributed by atoms with Gasteiger partial charge in [-0.1, -0.05) is 0 Å². The summed E-state index contributed by atoms with van der Waals surface area (Å²) in [7, 11) is 0. The van der Waals surface area contributed by atoms with E-state index in [-0.39, 0.29) is 24.6 Å². The molecule has 1 amide bonds. The first-order valence-corrected chi connectivity index (χ1v) is 7.36. The quantitative estimate of drug-likeness (QED) is 0.899. The molecule has 118 valence electrons. The minimum Gasteiger partial charge on any atom is -0.326 e. The molecule has 22 heavy (non-hydrogen) atoms. The Bertz CT molecular complexity index is 680. The molecule has 2 aromatic rings. The number of benzene rings is 1. The first-order chi connectivity index (χ1) is 10.3. The lowest BCUT2D eigenvalue weighted by molar-refractivity contribution is -0.137. The van der Waals surface area contributed by atoms with E-state index in [1.165, 1.54) is 17.4 Å². The molecule has 3 nitrogen and oxygen atoms in total. The molecule has 0 radical (unpaired) electrons. The summed E-state index contributed by atoms with van der Waals surface area (Å²) in [5.74, 6) is -0.357. The summed E-state index contributed by atoms with van der Waals surface area (Å²) in [6.45, 7) is 1.89. The van der Waals surface area contributed by atoms with Crippen LogP contribution >= 0.6 is 11.3 Å². The second-order valence-corrected chi connectivity index (χ2v) is 6.23. The first kappa shape index (κ1) is 16.5. The summed E-state index contributed by atoms with van der Waals surface area (Å²) in [5, 5.41) is 2.50. The predicted octanol–water partition coefficient (Wildman–Crippen LogP) is 3.72. The Kier molecular flexibility index (Phi) is 4.87. The lowest BCUT2D eigenvalue weighted by Crippen LogP contribution is -2.15. The summed E-state index contributed by atoms with van der Waals surface area (Å²) < 4.78 is 38.5. The van der Waals surface area contributed by atoms with Gasteiger partial charge in [0.05, 0.1) is 12.0 Å². The van der Waals surface area contributed by atoms with Crippen LogP contribution in [0.4, 0.5) is 18.9 Å². The number of alkyl halides is 3. The summed E-state index contributed by atoms with van der Waals surface area (Å²) in [5.41, 5.74) is 5.01. The van der Waals surface area contributed by atoms with Crippen LogP contribution in [0.2, 0.25) is 0 Å². The third kappa shape index (κ3) is 4.32. The molecule has 0 atom stereocenters. The number of hydrogen-bond acceptors (Lipinski definition) is 3. The van der Waals surface area contributed by atoms with Crippen LogP contribution in [0.15, 0.2) is 30.3 Å². The van der Waals surface area contributed by atoms with Crippen LogP contribution < -0.4 is 11.1 Å². The van der Waals surface area contributed by atoms with Gasteiger partial charge in [-0.2, -0.15) is 13.2 Å². The van der Waals surface area contributed by atoms with E-state index in [1.54, 1.807) is 0 Å². The predicted molar refractivity (Wildman–Crippen MR) is 80.7 cm³/mol. The molecule has 0 saturated carbocycles. The van der Waals surface area contributed by atoms with E-state index < -0.39 is 11.7 Å². The molecule has 0 aliphatic heterocycles. The van der Waals surface area contributed by atoms with Gasteiger partial charge in [-0.3, -0.25) is 4.79 Å². The Morgan fingerprint density at radius 1 is 1.27 bits per heavy atom. The molecule has 7 heteroatoms. The van der Waals surface area contributed by atoms with Crippen molar-refractivity contribution >= 4 is 22.9 Å². The zero-order chi connectivity index (χ0) is 16.3. The standard InChI is InChI=1S/C15H15F3N2OS/c1-9-2-3-13(22-9)7-14(21)20-12-5-10(8-19)4-11(6-12)15(16,17)18/h2-6H,7-8,19H2,1H3,(H,20,21). The fraction of sp³-hybridized carbons (Fsp3) is 0.267. The van der Waals surface area contributed by atoms with Crippen LogP contribution in [0.1, 0.15) is 20.9 Å². The molecule has 3 N–H and O–H groups in total. The van der Waals surface area contributed by atoms with Crippen molar-refractivity contribution in [2.45, 2.75) is 26.1 Å². The van der Waals surface area contributed by atoms with E-state index in [2.05, 4.69) is 5.32 Å². The fourth-order valence-electron chi connectivity index (χ4n) is 1.99. The van der Waals surface area contributed by atoms with Crippen molar-refractivity contribution in [2.75, 3.05) is 5.32 Å². The fourth-order valence-corrected chi connectivity index (χ4v) is 2.88. The van der Waals surface area contributed by atoms with E-state index >= 15 is 0 Å². The minimum atomic E-state index is -4.48. The molecular weight excluding hydrogens is 313 g/mol. The van der Waals surface area contributed by atoms with E-state index in [0.29, 0.717) is 5.56 Å². The van der Waals surface area contributed by atoms with Gasteiger partial charge in [0.25, 0.3) is 0 Å². The van der Waals surface area contributed by atoms with Crippen molar-refractivity contribution in [3.8, 4) is 0 Å². The molecule has 0 aliphatic carbocycles. The van der Waals surface area contributed by atoms with Crippen molar-refractivity contribution in [1.82, 2.24) is 0 Å². The van der Waals surface area contributed by atoms with Gasteiger partial charge in [0, 0.05) is 22.0 Å². The molecule has 1 aromatic carbocycles. The van der Waals surface area contributed by atoms with Gasteiger partial charge in [0.2, 0.25) is 5.91 Å². The topological polar surface area (TPSA) is 55.1 Å². The van der Waals surface area contributed by atoms with E-state index in [0.717, 1.165) is 21.9 Å². The molecule has 1 aromatic heterocycles. The number of aryl methyl sites for hydroxylation is 1. The van der Waals surface area contributed by atoms with Gasteiger partial charge in [0.1, 0.15) is 0 Å². The number of carbonyl (C=O) groups is 1. The third-order valence-corrected chi connectivity index (χ3v) is 3.97. The number of amides is 1. The number of halogens is 3. The molecule has 0 spiro atoms. The molecule has 1 heterocycles. The Morgan fingerprint density at radius 2 is 2.00 bits per heavy atom. The Labute approximate surface area is 130 Å². The number of nitrogens with one attached hydrogen (secondary N) is 1. The van der Waals surface area contributed by atoms with Gasteiger partial charge in [-0.25, -0.2) is 0 Å². The highest BCUT2D eigenvalue weighted by Gasteiger charge is 2.31. The largest absolute Gasteiger partial charge is 0.416 e. The van der Waals surface area contributed by atoms with Crippen molar-refractivity contribution in [1.29, 1.82) is 0 Å². The normalized spacial score (nSPS) is 11.5. The molecule has 0 unspecified atom stereocenters. The molecule has 0 fully saturated rings. The highest BCUT2D eigenvalue weighted by atomic mass is 32.1. The Morgan fingerprint density at radius 3 is 2.55 bits per heavy atom. The average Bonchev–Trinajstić information content (AvgIpc) is 2.82. The van der Waals surface area contributed by atoms with Crippen molar-refractivity contribution < 1.29 is 18.0 Å². The molecule has 0 saturated heterocycles. The summed E-state index contributed by atoms with van der Waals surface area (Å²) in [6, 6.07) is 7.07. The van der Waals surface area contributed by atoms with Gasteiger partial charge in [0.15, 0.2) is 0 Å². The maximum absolute atomic E-state index is 12.8. The van der Waals surface area contributed by atoms with E-state index in [9.17, 15) is 18.0 Å². The summed E-state index contributed by atoms with van der Waals surface area (Å²) >= 11 is 1.48. The zero-order valence-electron chi connectivity index (χ0n) is 11.8. The lowest BCUT2D eigenvalue weighted by Gasteiger charge is -2.12. The molecule has 2 rings (SSSR count). The number of nitrogens with two attached hydrogens (primary N) is 1. The smallest absolute Gasteiger partial charge is 0.326 e. The molecule has 0 bridgehead atoms. The monoisotopic (exact) mass is 328 g/mol. The SMILES string of the molecule is Cc1ccc(CC(=O)Nc2cc(CN)cc(C(F)(F)F)c2)s1. The van der Waals surface area contributed by atoms with Gasteiger partial charge in [-0.05, 0) is 42.8 Å². The van der Waals surface area contributed by atoms with Crippen LogP contribution in [0.5, 0.6) is 0 Å². The second-order valence-electron chi connectivity index (χ2n) is 4.86. The number of thiophene rings is 1. The van der Waals surface area contributed by atoms with Crippen LogP contribution in [0.3, 0.4) is 0 Å². The summed E-state index contributed by atoms with van der Waals surface area (Å²) in [6.07, 6.45) is -4.35. The van der Waals surface area contributed by atoms with Crippen LogP contribution in [-0.4, -0.2) is 5.91 Å². The van der Waals surface area contributed by atoms with Gasteiger partial charge < -0.3 is 11.1 Å². The number of anilines is 1. The second kappa shape index (κ2) is 6.50. The average molecular weight is 328 g/mol. The highest BCUT2D eigenvalue weighted by Crippen LogP contribution is 2.32. The maximum atomic E-state index is 12.8. The van der Waals surface area contributed by atoms with Gasteiger partial charge >= 0.3 is 6.18 Å². The van der Waals surface area contributed by atoms with Crippen LogP contribution in [0.25, 0.3) is 0 Å². The van der Waals surface area contributed by atoms with E-state index in [1.807, 2.05) is 19.1 Å². The molecule has 0 aliphatic rings. The number of carbonyl (C=O) groups excluding carboxylic acids is 1. The Balaban J connectivity index is 2.16. The molecular formula is C15H15F3N2OS. The van der Waals surface area contributed by atoms with E-state index in [4.69, 9.17) is 5.73 Å². The van der Waals surface area contributed by atoms with Crippen LogP contribution in [-0.2, 0) is 23.9 Å². The maximum Gasteiger partial charge on any atom is 0.416 e.